The lowest BCUT2D eigenvalue weighted by atomic mass is 9.87. The van der Waals surface area contributed by atoms with Crippen molar-refractivity contribution in [3.8, 4) is 5.75 Å². The molecular formula is C28H32N2O3. The Labute approximate surface area is 196 Å². The van der Waals surface area contributed by atoms with Crippen molar-refractivity contribution in [1.82, 2.24) is 0 Å². The Balaban J connectivity index is 1.59. The predicted molar refractivity (Wildman–Crippen MR) is 134 cm³/mol. The molecule has 2 N–H and O–H groups in total. The molecular weight excluding hydrogens is 412 g/mol. The van der Waals surface area contributed by atoms with Gasteiger partial charge in [-0.1, -0.05) is 52.0 Å². The van der Waals surface area contributed by atoms with Crippen LogP contribution in [0.5, 0.6) is 5.75 Å². The second kappa shape index (κ2) is 10.3. The molecule has 0 aliphatic carbocycles. The van der Waals surface area contributed by atoms with Gasteiger partial charge in [0.2, 0.25) is 0 Å². The Morgan fingerprint density at radius 1 is 0.879 bits per heavy atom. The molecule has 0 heterocycles. The number of aryl methyl sites for hydroxylation is 1. The first kappa shape index (κ1) is 24.1. The average Bonchev–Trinajstić information content (AvgIpc) is 2.78. The molecule has 0 radical (unpaired) electrons. The van der Waals surface area contributed by atoms with E-state index in [9.17, 15) is 9.59 Å². The first-order chi connectivity index (χ1) is 15.7. The number of carbonyl (C=O) groups is 2. The van der Waals surface area contributed by atoms with Gasteiger partial charge in [0.1, 0.15) is 5.75 Å². The van der Waals surface area contributed by atoms with E-state index in [-0.39, 0.29) is 17.2 Å². The third-order valence-corrected chi connectivity index (χ3v) is 5.35. The zero-order valence-electron chi connectivity index (χ0n) is 19.9. The van der Waals surface area contributed by atoms with E-state index in [4.69, 9.17) is 4.74 Å². The maximum absolute atomic E-state index is 12.7. The summed E-state index contributed by atoms with van der Waals surface area (Å²) in [6, 6.07) is 22.3. The molecule has 2 amide bonds. The molecule has 0 spiro atoms. The molecule has 0 saturated carbocycles. The summed E-state index contributed by atoms with van der Waals surface area (Å²) < 4.78 is 5.86. The van der Waals surface area contributed by atoms with Crippen LogP contribution in [0.1, 0.15) is 55.6 Å². The topological polar surface area (TPSA) is 67.4 Å². The smallest absolute Gasteiger partial charge is 0.265 e. The summed E-state index contributed by atoms with van der Waals surface area (Å²) in [6.45, 7) is 10.3. The van der Waals surface area contributed by atoms with Gasteiger partial charge >= 0.3 is 0 Å². The number of carbonyl (C=O) groups excluding carboxylic acids is 2. The molecule has 5 nitrogen and oxygen atoms in total. The van der Waals surface area contributed by atoms with Gasteiger partial charge in [0.15, 0.2) is 6.10 Å². The van der Waals surface area contributed by atoms with Crippen molar-refractivity contribution in [3.63, 3.8) is 0 Å². The van der Waals surface area contributed by atoms with Crippen molar-refractivity contribution in [2.75, 3.05) is 10.6 Å². The van der Waals surface area contributed by atoms with Crippen LogP contribution in [0, 0.1) is 6.92 Å². The van der Waals surface area contributed by atoms with Crippen LogP contribution in [0.25, 0.3) is 0 Å². The van der Waals surface area contributed by atoms with E-state index in [0.717, 1.165) is 5.56 Å². The number of amides is 2. The predicted octanol–water partition coefficient (Wildman–Crippen LogP) is 6.34. The maximum atomic E-state index is 12.7. The Kier molecular flexibility index (Phi) is 7.54. The normalized spacial score (nSPS) is 12.0. The lowest BCUT2D eigenvalue weighted by molar-refractivity contribution is -0.122. The molecule has 0 saturated heterocycles. The molecule has 3 rings (SSSR count). The minimum Gasteiger partial charge on any atom is -0.481 e. The highest BCUT2D eigenvalue weighted by atomic mass is 16.5. The summed E-state index contributed by atoms with van der Waals surface area (Å²) in [5, 5.41) is 5.78. The van der Waals surface area contributed by atoms with Gasteiger partial charge in [-0.2, -0.15) is 0 Å². The number of ether oxygens (including phenoxy) is 1. The standard InChI is InChI=1S/C28H32N2O3/c1-6-25(33-24-9-7-8-19(2)18-24)27(32)30-23-16-14-22(15-17-23)29-26(31)20-10-12-21(13-11-20)28(3,4)5/h7-18,25H,6H2,1-5H3,(H,29,31)(H,30,32). The SMILES string of the molecule is CCC(Oc1cccc(C)c1)C(=O)Nc1ccc(NC(=O)c2ccc(C(C)(C)C)cc2)cc1. The van der Waals surface area contributed by atoms with Crippen LogP contribution in [0.2, 0.25) is 0 Å². The fourth-order valence-corrected chi connectivity index (χ4v) is 3.36. The molecule has 1 atom stereocenters. The lowest BCUT2D eigenvalue weighted by Gasteiger charge is -2.19. The number of nitrogens with one attached hydrogen (secondary N) is 2. The Morgan fingerprint density at radius 2 is 1.48 bits per heavy atom. The van der Waals surface area contributed by atoms with Gasteiger partial charge in [0.05, 0.1) is 0 Å². The summed E-state index contributed by atoms with van der Waals surface area (Å²) in [6.07, 6.45) is -0.0516. The zero-order chi connectivity index (χ0) is 24.0. The van der Waals surface area contributed by atoms with Gasteiger partial charge in [-0.15, -0.1) is 0 Å². The van der Waals surface area contributed by atoms with E-state index in [1.54, 1.807) is 24.3 Å². The number of benzene rings is 3. The van der Waals surface area contributed by atoms with Gasteiger partial charge in [0, 0.05) is 16.9 Å². The molecule has 3 aromatic carbocycles. The molecule has 1 unspecified atom stereocenters. The highest BCUT2D eigenvalue weighted by Crippen LogP contribution is 2.23. The fourth-order valence-electron chi connectivity index (χ4n) is 3.36. The van der Waals surface area contributed by atoms with Crippen molar-refractivity contribution < 1.29 is 14.3 Å². The van der Waals surface area contributed by atoms with Gasteiger partial charge in [0.25, 0.3) is 11.8 Å². The van der Waals surface area contributed by atoms with Crippen LogP contribution in [0.4, 0.5) is 11.4 Å². The van der Waals surface area contributed by atoms with Gasteiger partial charge in [-0.3, -0.25) is 9.59 Å². The first-order valence-electron chi connectivity index (χ1n) is 11.2. The van der Waals surface area contributed by atoms with E-state index < -0.39 is 6.10 Å². The number of anilines is 2. The quantitative estimate of drug-likeness (QED) is 0.447. The van der Waals surface area contributed by atoms with Gasteiger partial charge in [-0.05, 0) is 78.4 Å². The molecule has 5 heteroatoms. The third-order valence-electron chi connectivity index (χ3n) is 5.35. The molecule has 0 aromatic heterocycles. The minimum atomic E-state index is -0.595. The largest absolute Gasteiger partial charge is 0.481 e. The second-order valence-electron chi connectivity index (χ2n) is 9.18. The Bertz CT molecular complexity index is 1100. The maximum Gasteiger partial charge on any atom is 0.265 e. The van der Waals surface area contributed by atoms with Crippen LogP contribution in [-0.2, 0) is 10.2 Å². The van der Waals surface area contributed by atoms with Crippen LogP contribution in [0.15, 0.2) is 72.8 Å². The van der Waals surface area contributed by atoms with E-state index in [2.05, 4.69) is 31.4 Å². The van der Waals surface area contributed by atoms with Gasteiger partial charge in [-0.25, -0.2) is 0 Å². The summed E-state index contributed by atoms with van der Waals surface area (Å²) in [7, 11) is 0. The van der Waals surface area contributed by atoms with Crippen molar-refractivity contribution in [2.24, 2.45) is 0 Å². The van der Waals surface area contributed by atoms with Crippen molar-refractivity contribution >= 4 is 23.2 Å². The monoisotopic (exact) mass is 444 g/mol. The number of hydrogen-bond acceptors (Lipinski definition) is 3. The molecule has 0 aliphatic rings. The van der Waals surface area contributed by atoms with Crippen LogP contribution in [-0.4, -0.2) is 17.9 Å². The highest BCUT2D eigenvalue weighted by Gasteiger charge is 2.19. The van der Waals surface area contributed by atoms with E-state index >= 15 is 0 Å². The van der Waals surface area contributed by atoms with E-state index in [1.807, 2.05) is 62.4 Å². The number of hydrogen-bond donors (Lipinski definition) is 2. The van der Waals surface area contributed by atoms with Gasteiger partial charge < -0.3 is 15.4 Å². The summed E-state index contributed by atoms with van der Waals surface area (Å²) in [5.41, 5.74) is 4.18. The summed E-state index contributed by atoms with van der Waals surface area (Å²) >= 11 is 0. The van der Waals surface area contributed by atoms with Crippen LogP contribution < -0.4 is 15.4 Å². The fraction of sp³-hybridized carbons (Fsp3) is 0.286. The third kappa shape index (κ3) is 6.69. The minimum absolute atomic E-state index is 0.0388. The van der Waals surface area contributed by atoms with E-state index in [1.165, 1.54) is 5.56 Å². The second-order valence-corrected chi connectivity index (χ2v) is 9.18. The summed E-state index contributed by atoms with van der Waals surface area (Å²) in [5.74, 6) is 0.283. The van der Waals surface area contributed by atoms with Crippen molar-refractivity contribution in [3.05, 3.63) is 89.5 Å². The zero-order valence-corrected chi connectivity index (χ0v) is 19.9. The summed E-state index contributed by atoms with van der Waals surface area (Å²) in [4.78, 5) is 25.2. The number of rotatable bonds is 7. The molecule has 0 aliphatic heterocycles. The Hall–Kier alpha value is -3.60. The van der Waals surface area contributed by atoms with Crippen LogP contribution >= 0.6 is 0 Å². The molecule has 0 bridgehead atoms. The van der Waals surface area contributed by atoms with Crippen molar-refractivity contribution in [2.45, 2.75) is 52.6 Å². The molecule has 33 heavy (non-hydrogen) atoms. The van der Waals surface area contributed by atoms with Crippen LogP contribution in [0.3, 0.4) is 0 Å². The molecule has 0 fully saturated rings. The average molecular weight is 445 g/mol. The first-order valence-corrected chi connectivity index (χ1v) is 11.2. The van der Waals surface area contributed by atoms with Crippen molar-refractivity contribution in [1.29, 1.82) is 0 Å². The lowest BCUT2D eigenvalue weighted by Crippen LogP contribution is -2.32. The highest BCUT2D eigenvalue weighted by molar-refractivity contribution is 6.04. The van der Waals surface area contributed by atoms with E-state index in [0.29, 0.717) is 29.1 Å². The Morgan fingerprint density at radius 3 is 2.03 bits per heavy atom. The molecule has 3 aromatic rings. The molecule has 172 valence electrons.